The van der Waals surface area contributed by atoms with E-state index in [1.807, 2.05) is 4.90 Å². The van der Waals surface area contributed by atoms with Crippen LogP contribution in [0.4, 0.5) is 5.82 Å². The summed E-state index contributed by atoms with van der Waals surface area (Å²) < 4.78 is 4.91. The van der Waals surface area contributed by atoms with Crippen LogP contribution in [0.2, 0.25) is 0 Å². The maximum absolute atomic E-state index is 12.4. The molecule has 1 aromatic heterocycles. The number of aromatic nitrogens is 1. The summed E-state index contributed by atoms with van der Waals surface area (Å²) >= 11 is 0. The SMILES string of the molecule is Cc1cc(N2C(=O)CC(N3CCC(=O)CC3)C2=O)no1. The van der Waals surface area contributed by atoms with E-state index in [0.717, 1.165) is 4.90 Å². The average molecular weight is 277 g/mol. The summed E-state index contributed by atoms with van der Waals surface area (Å²) in [6.45, 7) is 2.78. The number of rotatable bonds is 2. The first-order chi connectivity index (χ1) is 9.56. The first-order valence-electron chi connectivity index (χ1n) is 6.62. The van der Waals surface area contributed by atoms with E-state index in [4.69, 9.17) is 4.52 Å². The number of nitrogens with zero attached hydrogens (tertiary/aromatic N) is 3. The summed E-state index contributed by atoms with van der Waals surface area (Å²) in [6.07, 6.45) is 1.03. The Morgan fingerprint density at radius 2 is 1.95 bits per heavy atom. The van der Waals surface area contributed by atoms with E-state index in [1.165, 1.54) is 0 Å². The van der Waals surface area contributed by atoms with Gasteiger partial charge in [0.2, 0.25) is 5.91 Å². The number of aryl methyl sites for hydroxylation is 1. The lowest BCUT2D eigenvalue weighted by Crippen LogP contribution is -2.46. The lowest BCUT2D eigenvalue weighted by atomic mass is 10.1. The second-order valence-electron chi connectivity index (χ2n) is 5.16. The van der Waals surface area contributed by atoms with Gasteiger partial charge < -0.3 is 4.52 Å². The number of amides is 2. The summed E-state index contributed by atoms with van der Waals surface area (Å²) in [6, 6.07) is 1.09. The summed E-state index contributed by atoms with van der Waals surface area (Å²) in [7, 11) is 0. The molecule has 0 aliphatic carbocycles. The molecule has 2 aliphatic rings. The van der Waals surface area contributed by atoms with Crippen molar-refractivity contribution in [3.63, 3.8) is 0 Å². The molecular weight excluding hydrogens is 262 g/mol. The fraction of sp³-hybridized carbons (Fsp3) is 0.538. The van der Waals surface area contributed by atoms with Crippen LogP contribution in [0.5, 0.6) is 0 Å². The van der Waals surface area contributed by atoms with Gasteiger partial charge in [0.1, 0.15) is 11.5 Å². The fourth-order valence-electron chi connectivity index (χ4n) is 2.69. The van der Waals surface area contributed by atoms with Crippen LogP contribution in [0.25, 0.3) is 0 Å². The van der Waals surface area contributed by atoms with Crippen LogP contribution < -0.4 is 4.90 Å². The zero-order chi connectivity index (χ0) is 14.3. The molecule has 2 aliphatic heterocycles. The van der Waals surface area contributed by atoms with Gasteiger partial charge in [0.05, 0.1) is 12.5 Å². The van der Waals surface area contributed by atoms with Gasteiger partial charge in [-0.3, -0.25) is 19.3 Å². The molecule has 1 atom stereocenters. The monoisotopic (exact) mass is 277 g/mol. The molecule has 0 N–H and O–H groups in total. The molecule has 7 nitrogen and oxygen atoms in total. The molecule has 3 rings (SSSR count). The Bertz CT molecular complexity index is 570. The van der Waals surface area contributed by atoms with Crippen LogP contribution in [-0.2, 0) is 14.4 Å². The van der Waals surface area contributed by atoms with Crippen molar-refractivity contribution in [3.05, 3.63) is 11.8 Å². The van der Waals surface area contributed by atoms with Crippen LogP contribution in [0, 0.1) is 6.92 Å². The first-order valence-corrected chi connectivity index (χ1v) is 6.62. The second kappa shape index (κ2) is 4.82. The van der Waals surface area contributed by atoms with Gasteiger partial charge in [0.15, 0.2) is 5.82 Å². The number of carbonyl (C=O) groups is 3. The molecule has 1 aromatic rings. The molecule has 0 saturated carbocycles. The quantitative estimate of drug-likeness (QED) is 0.722. The number of likely N-dealkylation sites (tertiary alicyclic amines) is 1. The smallest absolute Gasteiger partial charge is 0.252 e. The van der Waals surface area contributed by atoms with Crippen molar-refractivity contribution in [1.29, 1.82) is 0 Å². The van der Waals surface area contributed by atoms with Crippen LogP contribution in [0.15, 0.2) is 10.6 Å². The van der Waals surface area contributed by atoms with Crippen molar-refractivity contribution < 1.29 is 18.9 Å². The highest BCUT2D eigenvalue weighted by molar-refractivity contribution is 6.21. The molecule has 106 valence electrons. The molecule has 20 heavy (non-hydrogen) atoms. The van der Waals surface area contributed by atoms with Crippen LogP contribution in [0.1, 0.15) is 25.0 Å². The number of piperidine rings is 1. The largest absolute Gasteiger partial charge is 0.360 e. The maximum atomic E-state index is 12.4. The predicted octanol–water partition coefficient (Wildman–Crippen LogP) is 0.280. The predicted molar refractivity (Wildman–Crippen MR) is 68.0 cm³/mol. The lowest BCUT2D eigenvalue weighted by molar-refractivity contribution is -0.127. The molecule has 2 fully saturated rings. The summed E-state index contributed by atoms with van der Waals surface area (Å²) in [5, 5.41) is 3.73. The first kappa shape index (κ1) is 13.0. The molecule has 0 aromatic carbocycles. The Kier molecular flexibility index (Phi) is 3.13. The minimum absolute atomic E-state index is 0.138. The number of carbonyl (C=O) groups excluding carboxylic acids is 3. The Hall–Kier alpha value is -2.02. The minimum atomic E-state index is -0.479. The Morgan fingerprint density at radius 3 is 2.55 bits per heavy atom. The van der Waals surface area contributed by atoms with E-state index in [-0.39, 0.29) is 29.8 Å². The Labute approximate surface area is 115 Å². The van der Waals surface area contributed by atoms with Crippen molar-refractivity contribution in [1.82, 2.24) is 10.1 Å². The molecule has 7 heteroatoms. The normalized spacial score (nSPS) is 24.8. The van der Waals surface area contributed by atoms with E-state index in [2.05, 4.69) is 5.16 Å². The molecule has 0 spiro atoms. The van der Waals surface area contributed by atoms with Crippen LogP contribution >= 0.6 is 0 Å². The van der Waals surface area contributed by atoms with Gasteiger partial charge in [-0.1, -0.05) is 5.16 Å². The zero-order valence-electron chi connectivity index (χ0n) is 11.2. The number of anilines is 1. The van der Waals surface area contributed by atoms with Gasteiger partial charge in [0, 0.05) is 32.0 Å². The lowest BCUT2D eigenvalue weighted by Gasteiger charge is -2.29. The van der Waals surface area contributed by atoms with Gasteiger partial charge in [-0.15, -0.1) is 0 Å². The van der Waals surface area contributed by atoms with E-state index >= 15 is 0 Å². The van der Waals surface area contributed by atoms with Crippen molar-refractivity contribution in [2.75, 3.05) is 18.0 Å². The standard InChI is InChI=1S/C13H15N3O4/c1-8-6-11(14-20-8)16-12(18)7-10(13(16)19)15-4-2-9(17)3-5-15/h6,10H,2-5,7H2,1H3. The van der Waals surface area contributed by atoms with E-state index in [9.17, 15) is 14.4 Å². The number of Topliss-reactive ketones (excluding diaryl/α,β-unsaturated/α-hetero) is 1. The van der Waals surface area contributed by atoms with Gasteiger partial charge in [0.25, 0.3) is 5.91 Å². The van der Waals surface area contributed by atoms with Crippen molar-refractivity contribution in [2.45, 2.75) is 32.2 Å². The number of ketones is 1. The van der Waals surface area contributed by atoms with E-state index in [1.54, 1.807) is 13.0 Å². The third-order valence-corrected chi connectivity index (χ3v) is 3.76. The average Bonchev–Trinajstić information content (AvgIpc) is 2.95. The number of hydrogen-bond donors (Lipinski definition) is 0. The van der Waals surface area contributed by atoms with Crippen molar-refractivity contribution in [2.24, 2.45) is 0 Å². The van der Waals surface area contributed by atoms with E-state index in [0.29, 0.717) is 31.7 Å². The molecule has 1 unspecified atom stereocenters. The van der Waals surface area contributed by atoms with Crippen LogP contribution in [-0.4, -0.2) is 46.8 Å². The molecule has 0 bridgehead atoms. The highest BCUT2D eigenvalue weighted by atomic mass is 16.5. The maximum Gasteiger partial charge on any atom is 0.252 e. The molecule has 2 saturated heterocycles. The zero-order valence-corrected chi connectivity index (χ0v) is 11.2. The third-order valence-electron chi connectivity index (χ3n) is 3.76. The van der Waals surface area contributed by atoms with Gasteiger partial charge in [-0.25, -0.2) is 4.90 Å². The molecular formula is C13H15N3O4. The number of hydrogen-bond acceptors (Lipinski definition) is 6. The minimum Gasteiger partial charge on any atom is -0.360 e. The van der Waals surface area contributed by atoms with Crippen molar-refractivity contribution >= 4 is 23.4 Å². The van der Waals surface area contributed by atoms with Gasteiger partial charge in [-0.2, -0.15) is 0 Å². The van der Waals surface area contributed by atoms with Gasteiger partial charge in [-0.05, 0) is 6.92 Å². The second-order valence-corrected chi connectivity index (χ2v) is 5.16. The summed E-state index contributed by atoms with van der Waals surface area (Å²) in [5.74, 6) is 0.450. The third kappa shape index (κ3) is 2.14. The van der Waals surface area contributed by atoms with Crippen LogP contribution in [0.3, 0.4) is 0 Å². The highest BCUT2D eigenvalue weighted by Crippen LogP contribution is 2.26. The summed E-state index contributed by atoms with van der Waals surface area (Å²) in [5.41, 5.74) is 0. The van der Waals surface area contributed by atoms with E-state index < -0.39 is 6.04 Å². The number of imide groups is 1. The Morgan fingerprint density at radius 1 is 1.25 bits per heavy atom. The Balaban J connectivity index is 1.78. The highest BCUT2D eigenvalue weighted by Gasteiger charge is 2.44. The van der Waals surface area contributed by atoms with Crippen molar-refractivity contribution in [3.8, 4) is 0 Å². The van der Waals surface area contributed by atoms with Gasteiger partial charge >= 0.3 is 0 Å². The fourth-order valence-corrected chi connectivity index (χ4v) is 2.69. The topological polar surface area (TPSA) is 83.7 Å². The molecule has 2 amide bonds. The molecule has 0 radical (unpaired) electrons. The summed E-state index contributed by atoms with van der Waals surface area (Å²) in [4.78, 5) is 38.7. The molecule has 3 heterocycles.